The minimum Gasteiger partial charge on any atom is -0.321 e. The topological polar surface area (TPSA) is 67.1 Å². The number of anilines is 2. The summed E-state index contributed by atoms with van der Waals surface area (Å²) in [5.41, 5.74) is 3.80. The first kappa shape index (κ1) is 21.3. The minimum atomic E-state index is -0.0378. The summed E-state index contributed by atoms with van der Waals surface area (Å²) in [6.07, 6.45) is 0. The molecule has 3 rings (SSSR count). The summed E-state index contributed by atoms with van der Waals surface area (Å²) in [7, 11) is 0. The van der Waals surface area contributed by atoms with Crippen molar-refractivity contribution < 1.29 is 19.4 Å². The predicted molar refractivity (Wildman–Crippen MR) is 116 cm³/mol. The number of para-hydroxylation sites is 1. The van der Waals surface area contributed by atoms with Gasteiger partial charge in [0.2, 0.25) is 0 Å². The Morgan fingerprint density at radius 2 is 1.34 bits per heavy atom. The van der Waals surface area contributed by atoms with E-state index >= 15 is 0 Å². The van der Waals surface area contributed by atoms with Crippen molar-refractivity contribution in [1.82, 2.24) is 0 Å². The molecule has 0 spiro atoms. The number of rotatable bonds is 6. The van der Waals surface area contributed by atoms with Crippen molar-refractivity contribution in [2.45, 2.75) is 13.8 Å². The number of aryl methyl sites for hydroxylation is 1. The lowest BCUT2D eigenvalue weighted by Crippen LogP contribution is -3.28. The van der Waals surface area contributed by atoms with Gasteiger partial charge in [0.15, 0.2) is 13.1 Å². The van der Waals surface area contributed by atoms with Crippen LogP contribution >= 0.6 is 11.6 Å². The van der Waals surface area contributed by atoms with Gasteiger partial charge in [-0.1, -0.05) is 35.9 Å². The van der Waals surface area contributed by atoms with Gasteiger partial charge in [0.1, 0.15) is 26.2 Å². The molecule has 0 atom stereocenters. The molecule has 154 valence electrons. The molecule has 2 amide bonds. The second-order valence-electron chi connectivity index (χ2n) is 7.68. The minimum absolute atomic E-state index is 0.0358. The molecule has 0 saturated carbocycles. The third kappa shape index (κ3) is 6.03. The Labute approximate surface area is 176 Å². The van der Waals surface area contributed by atoms with Crippen LogP contribution in [0.3, 0.4) is 0 Å². The van der Waals surface area contributed by atoms with E-state index in [1.165, 1.54) is 15.4 Å². The molecule has 29 heavy (non-hydrogen) atoms. The first-order chi connectivity index (χ1) is 13.9. The molecule has 2 aromatic carbocycles. The summed E-state index contributed by atoms with van der Waals surface area (Å²) in [5.74, 6) is -0.00201. The summed E-state index contributed by atoms with van der Waals surface area (Å²) >= 11 is 6.09. The molecule has 1 fully saturated rings. The van der Waals surface area contributed by atoms with Crippen LogP contribution in [0.5, 0.6) is 0 Å². The van der Waals surface area contributed by atoms with Crippen molar-refractivity contribution in [3.05, 3.63) is 58.6 Å². The molecule has 1 aliphatic heterocycles. The number of halogens is 1. The van der Waals surface area contributed by atoms with Gasteiger partial charge in [-0.3, -0.25) is 9.59 Å². The molecule has 0 aliphatic carbocycles. The zero-order valence-electron chi connectivity index (χ0n) is 17.0. The van der Waals surface area contributed by atoms with Crippen molar-refractivity contribution in [3.8, 4) is 0 Å². The van der Waals surface area contributed by atoms with Gasteiger partial charge >= 0.3 is 0 Å². The van der Waals surface area contributed by atoms with Crippen LogP contribution in [0.2, 0.25) is 5.02 Å². The van der Waals surface area contributed by atoms with Crippen LogP contribution in [0, 0.1) is 13.8 Å². The number of quaternary nitrogens is 2. The Hall–Kier alpha value is -2.41. The fourth-order valence-corrected chi connectivity index (χ4v) is 3.79. The first-order valence-corrected chi connectivity index (χ1v) is 10.4. The molecule has 0 bridgehead atoms. The fraction of sp³-hybridized carbons (Fsp3) is 0.364. The maximum absolute atomic E-state index is 12.4. The summed E-state index contributed by atoms with van der Waals surface area (Å²) in [5, 5.41) is 6.45. The molecule has 2 aromatic rings. The standard InChI is InChI=1S/C22H27ClN4O2/c1-16-6-5-9-19(17(16)2)24-21(28)14-26-10-12-27(13-11-26)15-22(29)25-20-8-4-3-7-18(20)23/h3-9H,10-15H2,1-2H3,(H,24,28)(H,25,29)/p+2. The molecule has 0 aromatic heterocycles. The Morgan fingerprint density at radius 1 is 0.828 bits per heavy atom. The van der Waals surface area contributed by atoms with Gasteiger partial charge in [0, 0.05) is 5.69 Å². The molecule has 6 nitrogen and oxygen atoms in total. The zero-order chi connectivity index (χ0) is 20.8. The van der Waals surface area contributed by atoms with Crippen LogP contribution in [-0.2, 0) is 9.59 Å². The molecule has 0 unspecified atom stereocenters. The zero-order valence-corrected chi connectivity index (χ0v) is 17.7. The molecule has 7 heteroatoms. The normalized spacial score (nSPS) is 18.9. The van der Waals surface area contributed by atoms with E-state index in [-0.39, 0.29) is 11.8 Å². The van der Waals surface area contributed by atoms with Gasteiger partial charge in [-0.15, -0.1) is 0 Å². The summed E-state index contributed by atoms with van der Waals surface area (Å²) < 4.78 is 0. The molecule has 1 heterocycles. The fourth-order valence-electron chi connectivity index (χ4n) is 3.60. The van der Waals surface area contributed by atoms with E-state index in [9.17, 15) is 9.59 Å². The van der Waals surface area contributed by atoms with Crippen molar-refractivity contribution >= 4 is 34.8 Å². The number of benzene rings is 2. The van der Waals surface area contributed by atoms with Crippen LogP contribution in [0.1, 0.15) is 11.1 Å². The van der Waals surface area contributed by atoms with Crippen LogP contribution in [0.15, 0.2) is 42.5 Å². The second kappa shape index (κ2) is 9.87. The lowest BCUT2D eigenvalue weighted by molar-refractivity contribution is -1.00. The van der Waals surface area contributed by atoms with Gasteiger partial charge in [-0.25, -0.2) is 0 Å². The maximum atomic E-state index is 12.4. The Morgan fingerprint density at radius 3 is 1.93 bits per heavy atom. The van der Waals surface area contributed by atoms with Gasteiger partial charge in [-0.2, -0.15) is 0 Å². The quantitative estimate of drug-likeness (QED) is 0.548. The third-order valence-electron chi connectivity index (χ3n) is 5.51. The Bertz CT molecular complexity index is 879. The number of amides is 2. The van der Waals surface area contributed by atoms with Gasteiger partial charge < -0.3 is 20.4 Å². The molecule has 4 N–H and O–H groups in total. The number of carbonyl (C=O) groups is 2. The Balaban J connectivity index is 1.42. The lowest BCUT2D eigenvalue weighted by Gasteiger charge is -2.29. The van der Waals surface area contributed by atoms with Gasteiger partial charge in [0.25, 0.3) is 11.8 Å². The number of piperazine rings is 1. The third-order valence-corrected chi connectivity index (χ3v) is 5.84. The van der Waals surface area contributed by atoms with E-state index in [0.29, 0.717) is 23.8 Å². The van der Waals surface area contributed by atoms with E-state index in [1.807, 2.05) is 44.2 Å². The van der Waals surface area contributed by atoms with Crippen LogP contribution in [0.4, 0.5) is 11.4 Å². The summed E-state index contributed by atoms with van der Waals surface area (Å²) in [6, 6.07) is 13.2. The molecule has 0 radical (unpaired) electrons. The highest BCUT2D eigenvalue weighted by atomic mass is 35.5. The van der Waals surface area contributed by atoms with Crippen LogP contribution < -0.4 is 20.4 Å². The molecular weight excluding hydrogens is 388 g/mol. The largest absolute Gasteiger partial charge is 0.321 e. The van der Waals surface area contributed by atoms with Crippen molar-refractivity contribution in [2.24, 2.45) is 0 Å². The average Bonchev–Trinajstić information content (AvgIpc) is 2.69. The number of hydrogen-bond acceptors (Lipinski definition) is 2. The summed E-state index contributed by atoms with van der Waals surface area (Å²) in [4.78, 5) is 27.2. The number of hydrogen-bond donors (Lipinski definition) is 4. The SMILES string of the molecule is Cc1cccc(NC(=O)C[NH+]2CC[NH+](CC(=O)Nc3ccccc3Cl)CC2)c1C. The first-order valence-electron chi connectivity index (χ1n) is 10.00. The van der Waals surface area contributed by atoms with Crippen molar-refractivity contribution in [2.75, 3.05) is 49.9 Å². The highest BCUT2D eigenvalue weighted by Gasteiger charge is 2.26. The number of carbonyl (C=O) groups excluding carboxylic acids is 2. The maximum Gasteiger partial charge on any atom is 0.279 e. The predicted octanol–water partition coefficient (Wildman–Crippen LogP) is 0.317. The van der Waals surface area contributed by atoms with Gasteiger partial charge in [-0.05, 0) is 43.2 Å². The monoisotopic (exact) mass is 416 g/mol. The van der Waals surface area contributed by atoms with Gasteiger partial charge in [0.05, 0.1) is 10.7 Å². The van der Waals surface area contributed by atoms with Crippen molar-refractivity contribution in [1.29, 1.82) is 0 Å². The van der Waals surface area contributed by atoms with E-state index < -0.39 is 0 Å². The highest BCUT2D eigenvalue weighted by molar-refractivity contribution is 6.33. The van der Waals surface area contributed by atoms with E-state index in [4.69, 9.17) is 11.6 Å². The second-order valence-corrected chi connectivity index (χ2v) is 8.08. The summed E-state index contributed by atoms with van der Waals surface area (Å²) in [6.45, 7) is 8.39. The number of nitrogens with one attached hydrogen (secondary N) is 4. The average molecular weight is 417 g/mol. The van der Waals surface area contributed by atoms with Crippen LogP contribution in [0.25, 0.3) is 0 Å². The molecule has 1 saturated heterocycles. The van der Waals surface area contributed by atoms with E-state index in [0.717, 1.165) is 37.4 Å². The Kier molecular flexibility index (Phi) is 7.25. The highest BCUT2D eigenvalue weighted by Crippen LogP contribution is 2.20. The molecular formula is C22H29ClN4O2+2. The van der Waals surface area contributed by atoms with E-state index in [2.05, 4.69) is 10.6 Å². The smallest absolute Gasteiger partial charge is 0.279 e. The van der Waals surface area contributed by atoms with Crippen molar-refractivity contribution in [3.63, 3.8) is 0 Å². The van der Waals surface area contributed by atoms with E-state index in [1.54, 1.807) is 12.1 Å². The molecule has 1 aliphatic rings. The van der Waals surface area contributed by atoms with Crippen LogP contribution in [-0.4, -0.2) is 51.1 Å². The lowest BCUT2D eigenvalue weighted by atomic mass is 10.1.